The van der Waals surface area contributed by atoms with Crippen LogP contribution in [0.25, 0.3) is 0 Å². The summed E-state index contributed by atoms with van der Waals surface area (Å²) >= 11 is 0. The third kappa shape index (κ3) is 2.20. The molecule has 0 aliphatic heterocycles. The third-order valence-corrected chi connectivity index (χ3v) is 4.89. The van der Waals surface area contributed by atoms with Crippen LogP contribution in [0.1, 0.15) is 53.4 Å². The van der Waals surface area contributed by atoms with E-state index in [1.807, 2.05) is 6.92 Å². The van der Waals surface area contributed by atoms with Gasteiger partial charge >= 0.3 is 0 Å². The highest BCUT2D eigenvalue weighted by Crippen LogP contribution is 2.49. The molecular weight excluding hydrogens is 196 g/mol. The summed E-state index contributed by atoms with van der Waals surface area (Å²) in [6.45, 7) is 8.97. The van der Waals surface area contributed by atoms with E-state index in [-0.39, 0.29) is 0 Å². The number of hydrogen-bond donors (Lipinski definition) is 1. The summed E-state index contributed by atoms with van der Waals surface area (Å²) in [6.07, 6.45) is 6.84. The van der Waals surface area contributed by atoms with Crippen molar-refractivity contribution in [3.8, 4) is 0 Å². The molecule has 0 radical (unpaired) electrons. The van der Waals surface area contributed by atoms with E-state index < -0.39 is 5.60 Å². The number of allylic oxidation sites excluding steroid dienone is 2. The molecule has 1 saturated carbocycles. The average molecular weight is 222 g/mol. The minimum atomic E-state index is -0.411. The molecule has 0 aromatic rings. The maximum absolute atomic E-state index is 10.3. The van der Waals surface area contributed by atoms with Crippen molar-refractivity contribution in [2.45, 2.75) is 59.0 Å². The number of rotatable bonds is 1. The van der Waals surface area contributed by atoms with Gasteiger partial charge in [-0.2, -0.15) is 0 Å². The summed E-state index contributed by atoms with van der Waals surface area (Å²) in [5.74, 6) is 2.99. The molecule has 0 saturated heterocycles. The number of hydrogen-bond acceptors (Lipinski definition) is 1. The van der Waals surface area contributed by atoms with Gasteiger partial charge in [0.25, 0.3) is 0 Å². The summed E-state index contributed by atoms with van der Waals surface area (Å²) in [6, 6.07) is 0. The average Bonchev–Trinajstić information content (AvgIpc) is 2.15. The fourth-order valence-corrected chi connectivity index (χ4v) is 3.86. The molecule has 2 rings (SSSR count). The fourth-order valence-electron chi connectivity index (χ4n) is 3.86. The Hall–Kier alpha value is -0.300. The van der Waals surface area contributed by atoms with Crippen LogP contribution in [0.4, 0.5) is 0 Å². The molecule has 2 aliphatic rings. The minimum Gasteiger partial charge on any atom is -0.390 e. The van der Waals surface area contributed by atoms with Crippen LogP contribution in [-0.4, -0.2) is 10.7 Å². The Morgan fingerprint density at radius 1 is 1.44 bits per heavy atom. The van der Waals surface area contributed by atoms with Crippen LogP contribution in [0.2, 0.25) is 0 Å². The lowest BCUT2D eigenvalue weighted by atomic mass is 9.60. The van der Waals surface area contributed by atoms with Crippen LogP contribution < -0.4 is 0 Å². The second kappa shape index (κ2) is 4.18. The van der Waals surface area contributed by atoms with Crippen molar-refractivity contribution in [3.63, 3.8) is 0 Å². The van der Waals surface area contributed by atoms with Crippen molar-refractivity contribution >= 4 is 0 Å². The van der Waals surface area contributed by atoms with Gasteiger partial charge in [-0.25, -0.2) is 0 Å². The van der Waals surface area contributed by atoms with Crippen LogP contribution in [0.3, 0.4) is 0 Å². The molecule has 2 aliphatic carbocycles. The van der Waals surface area contributed by atoms with E-state index in [0.717, 1.165) is 30.6 Å². The molecule has 0 aromatic carbocycles. The van der Waals surface area contributed by atoms with E-state index in [4.69, 9.17) is 0 Å². The number of fused-ring (bicyclic) bond motifs is 1. The van der Waals surface area contributed by atoms with Crippen LogP contribution in [0.5, 0.6) is 0 Å². The largest absolute Gasteiger partial charge is 0.390 e. The monoisotopic (exact) mass is 222 g/mol. The minimum absolute atomic E-state index is 0.411. The lowest BCUT2D eigenvalue weighted by Gasteiger charge is -2.47. The predicted octanol–water partition coefficient (Wildman–Crippen LogP) is 3.78. The zero-order chi connectivity index (χ0) is 11.9. The van der Waals surface area contributed by atoms with E-state index in [9.17, 15) is 5.11 Å². The van der Waals surface area contributed by atoms with E-state index in [1.54, 1.807) is 5.57 Å². The van der Waals surface area contributed by atoms with E-state index in [0.29, 0.717) is 5.92 Å². The standard InChI is InChI=1S/C15H26O/c1-10(2)12-6-5-11(3)13-7-8-15(4,16)9-14(12)13/h5,10,12-14,16H,6-9H2,1-4H3/t12-,13-,14-,15+/m0/s1. The van der Waals surface area contributed by atoms with Crippen LogP contribution in [0.15, 0.2) is 11.6 Å². The predicted molar refractivity (Wildman–Crippen MR) is 68.2 cm³/mol. The Balaban J connectivity index is 2.22. The molecule has 92 valence electrons. The van der Waals surface area contributed by atoms with Gasteiger partial charge in [-0.3, -0.25) is 0 Å². The van der Waals surface area contributed by atoms with Gasteiger partial charge in [0.2, 0.25) is 0 Å². The molecule has 0 aromatic heterocycles. The van der Waals surface area contributed by atoms with Crippen molar-refractivity contribution in [1.82, 2.24) is 0 Å². The summed E-state index contributed by atoms with van der Waals surface area (Å²) < 4.78 is 0. The zero-order valence-electron chi connectivity index (χ0n) is 11.2. The van der Waals surface area contributed by atoms with Crippen LogP contribution in [0, 0.1) is 23.7 Å². The van der Waals surface area contributed by atoms with Crippen molar-refractivity contribution in [2.24, 2.45) is 23.7 Å². The van der Waals surface area contributed by atoms with Gasteiger partial charge in [-0.1, -0.05) is 25.5 Å². The second-order valence-electron chi connectivity index (χ2n) is 6.60. The zero-order valence-corrected chi connectivity index (χ0v) is 11.2. The molecule has 1 fully saturated rings. The molecule has 0 amide bonds. The summed E-state index contributed by atoms with van der Waals surface area (Å²) in [5, 5.41) is 10.3. The molecule has 0 bridgehead atoms. The Morgan fingerprint density at radius 3 is 2.75 bits per heavy atom. The fraction of sp³-hybridized carbons (Fsp3) is 0.867. The van der Waals surface area contributed by atoms with Gasteiger partial charge < -0.3 is 5.11 Å². The smallest absolute Gasteiger partial charge is 0.0623 e. The molecule has 4 atom stereocenters. The second-order valence-corrected chi connectivity index (χ2v) is 6.60. The highest BCUT2D eigenvalue weighted by atomic mass is 16.3. The summed E-state index contributed by atoms with van der Waals surface area (Å²) in [7, 11) is 0. The van der Waals surface area contributed by atoms with Crippen LogP contribution in [-0.2, 0) is 0 Å². The molecule has 1 heteroatoms. The maximum Gasteiger partial charge on any atom is 0.0623 e. The van der Waals surface area contributed by atoms with E-state index >= 15 is 0 Å². The summed E-state index contributed by atoms with van der Waals surface area (Å²) in [4.78, 5) is 0. The molecule has 0 spiro atoms. The van der Waals surface area contributed by atoms with Crippen molar-refractivity contribution in [1.29, 1.82) is 0 Å². The number of aliphatic hydroxyl groups is 1. The van der Waals surface area contributed by atoms with Crippen molar-refractivity contribution in [2.75, 3.05) is 0 Å². The van der Waals surface area contributed by atoms with Gasteiger partial charge in [0, 0.05) is 0 Å². The van der Waals surface area contributed by atoms with Gasteiger partial charge in [0.05, 0.1) is 5.60 Å². The van der Waals surface area contributed by atoms with E-state index in [1.165, 1.54) is 12.8 Å². The first-order valence-electron chi connectivity index (χ1n) is 6.80. The molecule has 0 heterocycles. The molecule has 1 nitrogen and oxygen atoms in total. The highest BCUT2D eigenvalue weighted by Gasteiger charge is 2.42. The summed E-state index contributed by atoms with van der Waals surface area (Å²) in [5.41, 5.74) is 1.17. The lowest BCUT2D eigenvalue weighted by Crippen LogP contribution is -2.42. The molecule has 0 unspecified atom stereocenters. The highest BCUT2D eigenvalue weighted by molar-refractivity contribution is 5.14. The first kappa shape index (κ1) is 12.2. The van der Waals surface area contributed by atoms with Crippen molar-refractivity contribution in [3.05, 3.63) is 11.6 Å². The normalized spacial score (nSPS) is 44.1. The quantitative estimate of drug-likeness (QED) is 0.669. The Labute approximate surface area is 99.9 Å². The lowest BCUT2D eigenvalue weighted by molar-refractivity contribution is -0.0370. The van der Waals surface area contributed by atoms with E-state index in [2.05, 4.69) is 26.8 Å². The molecule has 1 N–H and O–H groups in total. The molecule has 16 heavy (non-hydrogen) atoms. The van der Waals surface area contributed by atoms with Crippen molar-refractivity contribution < 1.29 is 5.11 Å². The van der Waals surface area contributed by atoms with Gasteiger partial charge in [0.1, 0.15) is 0 Å². The van der Waals surface area contributed by atoms with Gasteiger partial charge in [0.15, 0.2) is 0 Å². The first-order valence-corrected chi connectivity index (χ1v) is 6.80. The maximum atomic E-state index is 10.3. The Morgan fingerprint density at radius 2 is 2.12 bits per heavy atom. The van der Waals surface area contributed by atoms with Gasteiger partial charge in [-0.15, -0.1) is 0 Å². The Kier molecular flexibility index (Phi) is 3.18. The first-order chi connectivity index (χ1) is 7.41. The molecular formula is C15H26O. The Bertz CT molecular complexity index is 288. The topological polar surface area (TPSA) is 20.2 Å². The third-order valence-electron chi connectivity index (χ3n) is 4.89. The SMILES string of the molecule is CC1=CC[C@@H](C(C)C)[C@@H]2C[C@](C)(O)CC[C@@H]12. The van der Waals surface area contributed by atoms with Gasteiger partial charge in [-0.05, 0) is 63.2 Å². The van der Waals surface area contributed by atoms with Crippen LogP contribution >= 0.6 is 0 Å².